The van der Waals surface area contributed by atoms with E-state index >= 15 is 0 Å². The fourth-order valence-electron chi connectivity index (χ4n) is 0.965. The van der Waals surface area contributed by atoms with E-state index in [1.807, 2.05) is 27.8 Å². The molecule has 1 rings (SSSR count). The van der Waals surface area contributed by atoms with Crippen LogP contribution in [0.3, 0.4) is 0 Å². The molecule has 0 aromatic carbocycles. The van der Waals surface area contributed by atoms with Crippen LogP contribution >= 0.6 is 0 Å². The lowest BCUT2D eigenvalue weighted by molar-refractivity contribution is 0.0339. The SMILES string of the molecule is CNC(C)c1nnc(NCC(C)(C)OC)o1. The van der Waals surface area contributed by atoms with E-state index in [1.165, 1.54) is 0 Å². The van der Waals surface area contributed by atoms with E-state index in [0.717, 1.165) is 0 Å². The van der Waals surface area contributed by atoms with Crippen LogP contribution in [0.1, 0.15) is 32.7 Å². The molecule has 0 spiro atoms. The lowest BCUT2D eigenvalue weighted by Gasteiger charge is -2.22. The summed E-state index contributed by atoms with van der Waals surface area (Å²) in [5.41, 5.74) is -0.261. The lowest BCUT2D eigenvalue weighted by atomic mass is 10.1. The predicted octanol–water partition coefficient (Wildman–Crippen LogP) is 1.19. The van der Waals surface area contributed by atoms with Gasteiger partial charge in [0.05, 0.1) is 11.6 Å². The van der Waals surface area contributed by atoms with Gasteiger partial charge in [0.15, 0.2) is 0 Å². The van der Waals surface area contributed by atoms with Crippen molar-refractivity contribution in [2.45, 2.75) is 32.4 Å². The van der Waals surface area contributed by atoms with Gasteiger partial charge in [-0.1, -0.05) is 5.10 Å². The Balaban J connectivity index is 2.53. The monoisotopic (exact) mass is 228 g/mol. The first-order valence-corrected chi connectivity index (χ1v) is 5.28. The Hall–Kier alpha value is -1.14. The number of anilines is 1. The van der Waals surface area contributed by atoms with E-state index in [2.05, 4.69) is 20.8 Å². The molecule has 0 saturated carbocycles. The minimum absolute atomic E-state index is 0.0542. The van der Waals surface area contributed by atoms with Gasteiger partial charge >= 0.3 is 6.01 Å². The summed E-state index contributed by atoms with van der Waals surface area (Å²) in [6.07, 6.45) is 0. The van der Waals surface area contributed by atoms with E-state index in [0.29, 0.717) is 18.5 Å². The van der Waals surface area contributed by atoms with Gasteiger partial charge in [0, 0.05) is 13.7 Å². The maximum Gasteiger partial charge on any atom is 0.315 e. The second kappa shape index (κ2) is 5.27. The zero-order chi connectivity index (χ0) is 12.2. The van der Waals surface area contributed by atoms with E-state index in [1.54, 1.807) is 7.11 Å². The quantitative estimate of drug-likeness (QED) is 0.762. The van der Waals surface area contributed by atoms with Crippen molar-refractivity contribution in [2.24, 2.45) is 0 Å². The number of nitrogens with zero attached hydrogens (tertiary/aromatic N) is 2. The molecule has 92 valence electrons. The number of aromatic nitrogens is 2. The van der Waals surface area contributed by atoms with Crippen molar-refractivity contribution in [3.8, 4) is 0 Å². The van der Waals surface area contributed by atoms with Gasteiger partial charge in [-0.2, -0.15) is 0 Å². The highest BCUT2D eigenvalue weighted by atomic mass is 16.5. The van der Waals surface area contributed by atoms with Crippen molar-refractivity contribution in [3.63, 3.8) is 0 Å². The van der Waals surface area contributed by atoms with Gasteiger partial charge in [-0.05, 0) is 27.8 Å². The standard InChI is InChI=1S/C10H20N4O2/c1-7(11-4)8-13-14-9(16-8)12-6-10(2,3)15-5/h7,11H,6H2,1-5H3,(H,12,14). The summed E-state index contributed by atoms with van der Waals surface area (Å²) in [6, 6.07) is 0.473. The maximum absolute atomic E-state index is 5.42. The molecule has 1 aromatic heterocycles. The molecule has 16 heavy (non-hydrogen) atoms. The summed E-state index contributed by atoms with van der Waals surface area (Å²) in [4.78, 5) is 0. The van der Waals surface area contributed by atoms with Crippen LogP contribution in [0, 0.1) is 0 Å². The fourth-order valence-corrected chi connectivity index (χ4v) is 0.965. The third-order valence-electron chi connectivity index (χ3n) is 2.46. The van der Waals surface area contributed by atoms with Gasteiger partial charge in [0.1, 0.15) is 0 Å². The molecule has 0 bridgehead atoms. The second-order valence-corrected chi connectivity index (χ2v) is 4.27. The number of hydrogen-bond acceptors (Lipinski definition) is 6. The number of methoxy groups -OCH3 is 1. The molecule has 0 aliphatic carbocycles. The summed E-state index contributed by atoms with van der Waals surface area (Å²) in [6.45, 7) is 6.52. The van der Waals surface area contributed by atoms with Crippen molar-refractivity contribution in [1.29, 1.82) is 0 Å². The molecule has 2 N–H and O–H groups in total. The zero-order valence-corrected chi connectivity index (χ0v) is 10.5. The van der Waals surface area contributed by atoms with Crippen LogP contribution in [-0.2, 0) is 4.74 Å². The van der Waals surface area contributed by atoms with Gasteiger partial charge in [-0.15, -0.1) is 5.10 Å². The Labute approximate surface area is 95.8 Å². The Morgan fingerprint density at radius 3 is 2.69 bits per heavy atom. The van der Waals surface area contributed by atoms with Crippen LogP contribution in [-0.4, -0.2) is 36.5 Å². The predicted molar refractivity (Wildman–Crippen MR) is 61.4 cm³/mol. The smallest absolute Gasteiger partial charge is 0.315 e. The zero-order valence-electron chi connectivity index (χ0n) is 10.5. The number of ether oxygens (including phenoxy) is 1. The van der Waals surface area contributed by atoms with Crippen LogP contribution in [0.4, 0.5) is 6.01 Å². The Bertz CT molecular complexity index is 324. The molecule has 6 nitrogen and oxygen atoms in total. The third kappa shape index (κ3) is 3.46. The number of rotatable bonds is 6. The molecule has 0 radical (unpaired) electrons. The van der Waals surface area contributed by atoms with E-state index in [-0.39, 0.29) is 11.6 Å². The van der Waals surface area contributed by atoms with Crippen LogP contribution in [0.2, 0.25) is 0 Å². The summed E-state index contributed by atoms with van der Waals surface area (Å²) >= 11 is 0. The molecule has 0 fully saturated rings. The van der Waals surface area contributed by atoms with Gasteiger partial charge in [0.2, 0.25) is 5.89 Å². The van der Waals surface area contributed by atoms with Crippen LogP contribution in [0.5, 0.6) is 0 Å². The van der Waals surface area contributed by atoms with Crippen molar-refractivity contribution in [2.75, 3.05) is 26.0 Å². The summed E-state index contributed by atoms with van der Waals surface area (Å²) in [7, 11) is 3.51. The first-order valence-electron chi connectivity index (χ1n) is 5.28. The minimum atomic E-state index is -0.261. The Morgan fingerprint density at radius 2 is 2.12 bits per heavy atom. The molecule has 1 unspecified atom stereocenters. The first-order chi connectivity index (χ1) is 7.48. The highest BCUT2D eigenvalue weighted by Gasteiger charge is 2.18. The molecule has 0 amide bonds. The van der Waals surface area contributed by atoms with Crippen molar-refractivity contribution >= 4 is 6.01 Å². The van der Waals surface area contributed by atoms with Crippen LogP contribution < -0.4 is 10.6 Å². The van der Waals surface area contributed by atoms with Crippen LogP contribution in [0.25, 0.3) is 0 Å². The molecular formula is C10H20N4O2. The van der Waals surface area contributed by atoms with Crippen molar-refractivity contribution in [3.05, 3.63) is 5.89 Å². The molecule has 1 heterocycles. The molecular weight excluding hydrogens is 208 g/mol. The molecule has 0 aliphatic rings. The third-order valence-corrected chi connectivity index (χ3v) is 2.46. The molecule has 0 aliphatic heterocycles. The molecule has 0 saturated heterocycles. The average molecular weight is 228 g/mol. The van der Waals surface area contributed by atoms with E-state index < -0.39 is 0 Å². The molecule has 1 aromatic rings. The van der Waals surface area contributed by atoms with E-state index in [9.17, 15) is 0 Å². The lowest BCUT2D eigenvalue weighted by Crippen LogP contribution is -2.32. The summed E-state index contributed by atoms with van der Waals surface area (Å²) < 4.78 is 10.7. The fraction of sp³-hybridized carbons (Fsp3) is 0.800. The Kier molecular flexibility index (Phi) is 4.26. The highest BCUT2D eigenvalue weighted by Crippen LogP contribution is 2.14. The van der Waals surface area contributed by atoms with E-state index in [4.69, 9.17) is 9.15 Å². The van der Waals surface area contributed by atoms with Crippen molar-refractivity contribution < 1.29 is 9.15 Å². The number of nitrogens with one attached hydrogen (secondary N) is 2. The summed E-state index contributed by atoms with van der Waals surface area (Å²) in [5, 5.41) is 13.9. The number of hydrogen-bond donors (Lipinski definition) is 2. The Morgan fingerprint density at radius 1 is 1.44 bits per heavy atom. The van der Waals surface area contributed by atoms with Gasteiger partial charge in [-0.3, -0.25) is 0 Å². The summed E-state index contributed by atoms with van der Waals surface area (Å²) in [5.74, 6) is 0.570. The minimum Gasteiger partial charge on any atom is -0.406 e. The average Bonchev–Trinajstić information content (AvgIpc) is 2.74. The normalized spacial score (nSPS) is 13.8. The van der Waals surface area contributed by atoms with Gasteiger partial charge in [-0.25, -0.2) is 0 Å². The highest BCUT2D eigenvalue weighted by molar-refractivity contribution is 5.18. The topological polar surface area (TPSA) is 72.2 Å². The second-order valence-electron chi connectivity index (χ2n) is 4.27. The van der Waals surface area contributed by atoms with Crippen LogP contribution in [0.15, 0.2) is 4.42 Å². The van der Waals surface area contributed by atoms with Gasteiger partial charge < -0.3 is 19.8 Å². The van der Waals surface area contributed by atoms with Crippen molar-refractivity contribution in [1.82, 2.24) is 15.5 Å². The van der Waals surface area contributed by atoms with Gasteiger partial charge in [0.25, 0.3) is 0 Å². The molecule has 1 atom stereocenters. The maximum atomic E-state index is 5.42. The largest absolute Gasteiger partial charge is 0.406 e. The molecule has 6 heteroatoms. The first kappa shape index (κ1) is 12.9.